The van der Waals surface area contributed by atoms with Gasteiger partial charge in [-0.05, 0) is 13.3 Å². The van der Waals surface area contributed by atoms with Gasteiger partial charge in [0.25, 0.3) is 0 Å². The molecule has 0 radical (unpaired) electrons. The lowest BCUT2D eigenvalue weighted by Gasteiger charge is -2.04. The van der Waals surface area contributed by atoms with E-state index in [1.807, 2.05) is 6.92 Å². The summed E-state index contributed by atoms with van der Waals surface area (Å²) >= 11 is 0. The minimum absolute atomic E-state index is 0.168. The van der Waals surface area contributed by atoms with Crippen molar-refractivity contribution >= 4 is 0 Å². The molecule has 1 atom stereocenters. The van der Waals surface area contributed by atoms with E-state index in [9.17, 15) is 0 Å². The van der Waals surface area contributed by atoms with Crippen molar-refractivity contribution in [2.45, 2.75) is 33.3 Å². The SMILES string of the molecule is C[C@@H](O)CC1=CC1(C)C. The van der Waals surface area contributed by atoms with Gasteiger partial charge in [0.05, 0.1) is 6.10 Å². The number of hydrogen-bond acceptors (Lipinski definition) is 1. The lowest BCUT2D eigenvalue weighted by molar-refractivity contribution is 0.194. The van der Waals surface area contributed by atoms with Gasteiger partial charge in [0.15, 0.2) is 0 Å². The molecule has 0 fully saturated rings. The predicted molar refractivity (Wildman–Crippen MR) is 38.2 cm³/mol. The van der Waals surface area contributed by atoms with E-state index in [1.54, 1.807) is 0 Å². The quantitative estimate of drug-likeness (QED) is 0.558. The van der Waals surface area contributed by atoms with Gasteiger partial charge in [-0.15, -0.1) is 0 Å². The van der Waals surface area contributed by atoms with E-state index in [0.717, 1.165) is 6.42 Å². The van der Waals surface area contributed by atoms with E-state index in [2.05, 4.69) is 19.9 Å². The Morgan fingerprint density at radius 3 is 2.22 bits per heavy atom. The van der Waals surface area contributed by atoms with Crippen molar-refractivity contribution < 1.29 is 5.11 Å². The summed E-state index contributed by atoms with van der Waals surface area (Å²) in [4.78, 5) is 0. The zero-order valence-corrected chi connectivity index (χ0v) is 6.31. The van der Waals surface area contributed by atoms with E-state index in [-0.39, 0.29) is 6.10 Å². The summed E-state index contributed by atoms with van der Waals surface area (Å²) in [6, 6.07) is 0. The van der Waals surface area contributed by atoms with Crippen LogP contribution >= 0.6 is 0 Å². The number of aliphatic hydroxyl groups is 1. The fraction of sp³-hybridized carbons (Fsp3) is 0.750. The van der Waals surface area contributed by atoms with Gasteiger partial charge in [-0.2, -0.15) is 0 Å². The van der Waals surface area contributed by atoms with Crippen LogP contribution in [0.5, 0.6) is 0 Å². The number of allylic oxidation sites excluding steroid dienone is 1. The summed E-state index contributed by atoms with van der Waals surface area (Å²) in [5.74, 6) is 0. The topological polar surface area (TPSA) is 20.2 Å². The molecule has 0 aromatic rings. The van der Waals surface area contributed by atoms with Gasteiger partial charge in [-0.25, -0.2) is 0 Å². The van der Waals surface area contributed by atoms with Crippen LogP contribution in [0.25, 0.3) is 0 Å². The minimum Gasteiger partial charge on any atom is -0.393 e. The molecule has 0 amide bonds. The van der Waals surface area contributed by atoms with Gasteiger partial charge in [0, 0.05) is 5.41 Å². The standard InChI is InChI=1S/C8H14O/c1-6(9)4-7-5-8(7,2)3/h5-6,9H,4H2,1-3H3/t6-/m1/s1. The van der Waals surface area contributed by atoms with Gasteiger partial charge in [-0.1, -0.05) is 25.5 Å². The molecule has 0 saturated carbocycles. The largest absolute Gasteiger partial charge is 0.393 e. The Balaban J connectivity index is 2.27. The van der Waals surface area contributed by atoms with Crippen molar-refractivity contribution in [3.8, 4) is 0 Å². The maximum absolute atomic E-state index is 8.95. The monoisotopic (exact) mass is 126 g/mol. The average molecular weight is 126 g/mol. The molecular formula is C8H14O. The normalized spacial score (nSPS) is 25.1. The zero-order chi connectivity index (χ0) is 7.07. The lowest BCUT2D eigenvalue weighted by Crippen LogP contribution is -2.01. The summed E-state index contributed by atoms with van der Waals surface area (Å²) < 4.78 is 0. The Bertz CT molecular complexity index is 143. The smallest absolute Gasteiger partial charge is 0.0549 e. The van der Waals surface area contributed by atoms with Crippen molar-refractivity contribution in [1.29, 1.82) is 0 Å². The molecule has 9 heavy (non-hydrogen) atoms. The molecule has 1 N–H and O–H groups in total. The highest BCUT2D eigenvalue weighted by Gasteiger charge is 2.33. The Kier molecular flexibility index (Phi) is 1.39. The molecule has 0 unspecified atom stereocenters. The zero-order valence-electron chi connectivity index (χ0n) is 6.31. The second kappa shape index (κ2) is 1.84. The minimum atomic E-state index is -0.168. The summed E-state index contributed by atoms with van der Waals surface area (Å²) in [5, 5.41) is 8.95. The molecule has 0 spiro atoms. The Labute approximate surface area is 56.4 Å². The van der Waals surface area contributed by atoms with Crippen molar-refractivity contribution in [3.63, 3.8) is 0 Å². The summed E-state index contributed by atoms with van der Waals surface area (Å²) in [6.07, 6.45) is 2.89. The maximum atomic E-state index is 8.95. The highest BCUT2D eigenvalue weighted by Crippen LogP contribution is 2.45. The third-order valence-corrected chi connectivity index (χ3v) is 1.79. The van der Waals surface area contributed by atoms with E-state index in [1.165, 1.54) is 5.57 Å². The maximum Gasteiger partial charge on any atom is 0.0549 e. The molecule has 0 bridgehead atoms. The molecule has 1 rings (SSSR count). The Hall–Kier alpha value is -0.300. The molecule has 0 saturated heterocycles. The first-order valence-corrected chi connectivity index (χ1v) is 3.42. The molecule has 1 aliphatic rings. The number of hydrogen-bond donors (Lipinski definition) is 1. The second-order valence-electron chi connectivity index (χ2n) is 3.44. The molecular weight excluding hydrogens is 112 g/mol. The highest BCUT2D eigenvalue weighted by molar-refractivity contribution is 5.36. The predicted octanol–water partition coefficient (Wildman–Crippen LogP) is 1.72. The van der Waals surface area contributed by atoms with Crippen LogP contribution in [-0.4, -0.2) is 11.2 Å². The highest BCUT2D eigenvalue weighted by atomic mass is 16.3. The lowest BCUT2D eigenvalue weighted by atomic mass is 10.0. The van der Waals surface area contributed by atoms with Gasteiger partial charge < -0.3 is 5.11 Å². The molecule has 0 aromatic carbocycles. The van der Waals surface area contributed by atoms with Crippen LogP contribution in [0.15, 0.2) is 11.6 Å². The van der Waals surface area contributed by atoms with Crippen molar-refractivity contribution in [2.75, 3.05) is 0 Å². The first-order valence-electron chi connectivity index (χ1n) is 3.42. The third-order valence-electron chi connectivity index (χ3n) is 1.79. The van der Waals surface area contributed by atoms with E-state index < -0.39 is 0 Å². The van der Waals surface area contributed by atoms with Gasteiger partial charge in [-0.3, -0.25) is 0 Å². The second-order valence-corrected chi connectivity index (χ2v) is 3.44. The third kappa shape index (κ3) is 1.55. The van der Waals surface area contributed by atoms with Crippen LogP contribution < -0.4 is 0 Å². The van der Waals surface area contributed by atoms with Crippen LogP contribution in [0.4, 0.5) is 0 Å². The van der Waals surface area contributed by atoms with Gasteiger partial charge in [0.2, 0.25) is 0 Å². The Morgan fingerprint density at radius 2 is 2.11 bits per heavy atom. The van der Waals surface area contributed by atoms with Crippen LogP contribution in [-0.2, 0) is 0 Å². The molecule has 1 heteroatoms. The van der Waals surface area contributed by atoms with E-state index in [4.69, 9.17) is 5.11 Å². The van der Waals surface area contributed by atoms with E-state index >= 15 is 0 Å². The molecule has 52 valence electrons. The first-order chi connectivity index (χ1) is 4.02. The Morgan fingerprint density at radius 1 is 1.67 bits per heavy atom. The van der Waals surface area contributed by atoms with E-state index in [0.29, 0.717) is 5.41 Å². The molecule has 0 heterocycles. The van der Waals surface area contributed by atoms with Crippen LogP contribution in [0.3, 0.4) is 0 Å². The molecule has 1 nitrogen and oxygen atoms in total. The molecule has 0 aliphatic heterocycles. The summed E-state index contributed by atoms with van der Waals surface area (Å²) in [7, 11) is 0. The number of rotatable bonds is 2. The van der Waals surface area contributed by atoms with Crippen molar-refractivity contribution in [1.82, 2.24) is 0 Å². The summed E-state index contributed by atoms with van der Waals surface area (Å²) in [5.41, 5.74) is 1.73. The van der Waals surface area contributed by atoms with Gasteiger partial charge in [0.1, 0.15) is 0 Å². The fourth-order valence-electron chi connectivity index (χ4n) is 1.04. The van der Waals surface area contributed by atoms with Crippen LogP contribution in [0, 0.1) is 5.41 Å². The number of aliphatic hydroxyl groups excluding tert-OH is 1. The average Bonchev–Trinajstić information content (AvgIpc) is 2.10. The van der Waals surface area contributed by atoms with Crippen molar-refractivity contribution in [3.05, 3.63) is 11.6 Å². The molecule has 0 aromatic heterocycles. The van der Waals surface area contributed by atoms with Crippen molar-refractivity contribution in [2.24, 2.45) is 5.41 Å². The summed E-state index contributed by atoms with van der Waals surface area (Å²) in [6.45, 7) is 6.17. The molecule has 1 aliphatic carbocycles. The van der Waals surface area contributed by atoms with Crippen LogP contribution in [0.2, 0.25) is 0 Å². The van der Waals surface area contributed by atoms with Crippen LogP contribution in [0.1, 0.15) is 27.2 Å². The first kappa shape index (κ1) is 6.81. The fourth-order valence-corrected chi connectivity index (χ4v) is 1.04. The van der Waals surface area contributed by atoms with Gasteiger partial charge >= 0.3 is 0 Å².